The molecule has 4 heteroatoms. The Morgan fingerprint density at radius 2 is 1.10 bits per heavy atom. The molecule has 0 bridgehead atoms. The van der Waals surface area contributed by atoms with E-state index >= 15 is 0 Å². The van der Waals surface area contributed by atoms with E-state index in [1.807, 2.05) is 0 Å². The van der Waals surface area contributed by atoms with E-state index in [9.17, 15) is 15.3 Å². The van der Waals surface area contributed by atoms with Gasteiger partial charge in [0, 0.05) is 0 Å². The van der Waals surface area contributed by atoms with Crippen LogP contribution < -0.4 is 15.3 Å². The van der Waals surface area contributed by atoms with Crippen LogP contribution in [0.3, 0.4) is 0 Å². The predicted octanol–water partition coefficient (Wildman–Crippen LogP) is 1.96. The number of hydrogen-bond donors (Lipinski definition) is 0. The van der Waals surface area contributed by atoms with Crippen LogP contribution in [0.1, 0.15) is 67.7 Å². The second-order valence-corrected chi connectivity index (χ2v) is 5.74. The number of unbranched alkanes of at least 4 members (excludes halogenated alkanes) is 2. The molecule has 0 aromatic carbocycles. The molecule has 20 heavy (non-hydrogen) atoms. The molecule has 0 amide bonds. The van der Waals surface area contributed by atoms with Gasteiger partial charge < -0.3 is 15.3 Å². The summed E-state index contributed by atoms with van der Waals surface area (Å²) in [6.07, 6.45) is 7.11. The third-order valence-electron chi connectivity index (χ3n) is 1.03. The molecular formula is C16H34O3Ti. The summed E-state index contributed by atoms with van der Waals surface area (Å²) in [5, 5.41) is 28.6. The quantitative estimate of drug-likeness (QED) is 0.451. The maximum atomic E-state index is 9.53. The van der Waals surface area contributed by atoms with Crippen molar-refractivity contribution in [3.8, 4) is 0 Å². The van der Waals surface area contributed by atoms with Crippen molar-refractivity contribution in [1.82, 2.24) is 0 Å². The van der Waals surface area contributed by atoms with Gasteiger partial charge in [-0.05, 0) is 0 Å². The van der Waals surface area contributed by atoms with Gasteiger partial charge in [-0.1, -0.05) is 41.5 Å². The van der Waals surface area contributed by atoms with Crippen LogP contribution in [0.25, 0.3) is 0 Å². The number of hydrogen-bond acceptors (Lipinski definition) is 3. The topological polar surface area (TPSA) is 69.2 Å². The summed E-state index contributed by atoms with van der Waals surface area (Å²) in [4.78, 5) is 0. The van der Waals surface area contributed by atoms with Crippen LogP contribution in [0.2, 0.25) is 4.73 Å². The zero-order chi connectivity index (χ0) is 17.0. The molecule has 0 N–H and O–H groups in total. The van der Waals surface area contributed by atoms with Gasteiger partial charge in [0.2, 0.25) is 0 Å². The zero-order valence-corrected chi connectivity index (χ0v) is 16.0. The van der Waals surface area contributed by atoms with E-state index in [-0.39, 0.29) is 0 Å². The first-order valence-corrected chi connectivity index (χ1v) is 8.45. The van der Waals surface area contributed by atoms with E-state index in [2.05, 4.69) is 39.5 Å². The normalized spacial score (nSPS) is 9.75. The van der Waals surface area contributed by atoms with Gasteiger partial charge in [0.1, 0.15) is 0 Å². The predicted molar refractivity (Wildman–Crippen MR) is 78.9 cm³/mol. The SMILES string of the molecule is C/C=C/CCC[CH2][Ti+3].CC(C)[O-].CC(C)[O-].CC(C)[O-]. The van der Waals surface area contributed by atoms with E-state index in [1.165, 1.54) is 24.0 Å². The molecule has 0 unspecified atom stereocenters. The van der Waals surface area contributed by atoms with Gasteiger partial charge in [-0.25, -0.2) is 0 Å². The van der Waals surface area contributed by atoms with E-state index in [0.717, 1.165) is 0 Å². The minimum Gasteiger partial charge on any atom is -0.852 e. The molecule has 0 saturated carbocycles. The van der Waals surface area contributed by atoms with Crippen molar-refractivity contribution in [3.05, 3.63) is 12.2 Å². The van der Waals surface area contributed by atoms with Gasteiger partial charge in [0.05, 0.1) is 0 Å². The first-order valence-electron chi connectivity index (χ1n) is 7.34. The summed E-state index contributed by atoms with van der Waals surface area (Å²) in [5.74, 6) is 0. The molecule has 0 saturated heterocycles. The molecule has 0 atom stereocenters. The van der Waals surface area contributed by atoms with Crippen molar-refractivity contribution in [2.45, 2.75) is 90.8 Å². The third-order valence-corrected chi connectivity index (χ3v) is 1.59. The first kappa shape index (κ1) is 28.5. The van der Waals surface area contributed by atoms with Gasteiger partial charge in [0.15, 0.2) is 0 Å². The summed E-state index contributed by atoms with van der Waals surface area (Å²) in [6, 6.07) is 0. The smallest absolute Gasteiger partial charge is 0.0783 e. The van der Waals surface area contributed by atoms with Gasteiger partial charge in [0.25, 0.3) is 0 Å². The molecule has 0 aromatic rings. The largest absolute Gasteiger partial charge is 0.852 e. The molecule has 0 aliphatic carbocycles. The van der Waals surface area contributed by atoms with Crippen LogP contribution in [-0.2, 0) is 20.4 Å². The fourth-order valence-corrected chi connectivity index (χ4v) is 0.944. The summed E-state index contributed by atoms with van der Waals surface area (Å²) in [6.45, 7) is 11.7. The van der Waals surface area contributed by atoms with Crippen LogP contribution >= 0.6 is 0 Å². The fraction of sp³-hybridized carbons (Fsp3) is 0.875. The van der Waals surface area contributed by atoms with Gasteiger partial charge in [-0.3, -0.25) is 0 Å². The molecule has 0 aliphatic heterocycles. The molecule has 0 heterocycles. The van der Waals surface area contributed by atoms with E-state index in [1.54, 1.807) is 41.5 Å². The van der Waals surface area contributed by atoms with E-state index in [4.69, 9.17) is 0 Å². The van der Waals surface area contributed by atoms with Crippen molar-refractivity contribution >= 4 is 0 Å². The molecule has 0 fully saturated rings. The molecule has 0 aliphatic rings. The minimum atomic E-state index is -0.417. The van der Waals surface area contributed by atoms with Crippen LogP contribution in [0, 0.1) is 0 Å². The molecule has 3 nitrogen and oxygen atoms in total. The Kier molecular flexibility index (Phi) is 39.4. The van der Waals surface area contributed by atoms with Crippen molar-refractivity contribution in [2.75, 3.05) is 0 Å². The Labute approximate surface area is 138 Å². The van der Waals surface area contributed by atoms with E-state index in [0.29, 0.717) is 0 Å². The monoisotopic (exact) mass is 322 g/mol. The van der Waals surface area contributed by atoms with Crippen molar-refractivity contribution in [3.63, 3.8) is 0 Å². The Hall–Kier alpha value is 0.334. The Morgan fingerprint density at radius 3 is 1.30 bits per heavy atom. The zero-order valence-electron chi connectivity index (χ0n) is 14.4. The van der Waals surface area contributed by atoms with Crippen LogP contribution in [0.15, 0.2) is 12.2 Å². The number of allylic oxidation sites excluding steroid dienone is 2. The van der Waals surface area contributed by atoms with Crippen molar-refractivity contribution in [1.29, 1.82) is 0 Å². The summed E-state index contributed by atoms with van der Waals surface area (Å²) in [7, 11) is 0. The molecular weight excluding hydrogens is 288 g/mol. The van der Waals surface area contributed by atoms with E-state index < -0.39 is 18.3 Å². The summed E-state index contributed by atoms with van der Waals surface area (Å²) < 4.78 is 1.33. The molecule has 0 spiro atoms. The number of rotatable bonds is 4. The molecule has 0 radical (unpaired) electrons. The third kappa shape index (κ3) is 194. The van der Waals surface area contributed by atoms with Crippen LogP contribution in [0.4, 0.5) is 0 Å². The Balaban J connectivity index is -0.0000000917. The average Bonchev–Trinajstić information content (AvgIpc) is 2.22. The Morgan fingerprint density at radius 1 is 0.800 bits per heavy atom. The molecule has 0 rings (SSSR count). The average molecular weight is 322 g/mol. The maximum absolute atomic E-state index is 9.53. The first-order chi connectivity index (χ1) is 9.11. The summed E-state index contributed by atoms with van der Waals surface area (Å²) in [5.41, 5.74) is 0. The van der Waals surface area contributed by atoms with Gasteiger partial charge >= 0.3 is 63.5 Å². The summed E-state index contributed by atoms with van der Waals surface area (Å²) >= 11 is 2.23. The second kappa shape index (κ2) is 27.6. The minimum absolute atomic E-state index is 0.417. The standard InChI is InChI=1S/C7H13.3C3H7O.Ti/c1-3-5-7-6-4-2;3*1-3(2)4;/h4,6H,1,3,5,7H2,2H3;3*3H,1-2H3;/q;3*-1;+3/b6-4+;;;;. The van der Waals surface area contributed by atoms with Crippen LogP contribution in [-0.4, -0.2) is 18.3 Å². The van der Waals surface area contributed by atoms with Crippen molar-refractivity contribution in [2.24, 2.45) is 0 Å². The van der Waals surface area contributed by atoms with Crippen molar-refractivity contribution < 1.29 is 35.8 Å². The second-order valence-electron chi connectivity index (χ2n) is 4.96. The van der Waals surface area contributed by atoms with Gasteiger partial charge in [-0.2, -0.15) is 0 Å². The van der Waals surface area contributed by atoms with Crippen LogP contribution in [0.5, 0.6) is 0 Å². The maximum Gasteiger partial charge on any atom is -0.0783 e. The molecule has 120 valence electrons. The van der Waals surface area contributed by atoms with Gasteiger partial charge in [-0.15, -0.1) is 18.3 Å². The molecule has 0 aromatic heterocycles. The fourth-order valence-electron chi connectivity index (χ4n) is 0.554. The Bertz CT molecular complexity index is 135.